The fourth-order valence-electron chi connectivity index (χ4n) is 3.31. The molecule has 0 saturated carbocycles. The van der Waals surface area contributed by atoms with Crippen molar-refractivity contribution in [3.63, 3.8) is 0 Å². The second-order valence-corrected chi connectivity index (χ2v) is 7.33. The van der Waals surface area contributed by atoms with Gasteiger partial charge in [-0.05, 0) is 25.1 Å². The van der Waals surface area contributed by atoms with Gasteiger partial charge in [0.05, 0.1) is 16.6 Å². The molecule has 0 N–H and O–H groups in total. The molecule has 3 aromatic heterocycles. The smallest absolute Gasteiger partial charge is 0.353 e. The van der Waals surface area contributed by atoms with E-state index in [1.165, 1.54) is 0 Å². The molecule has 1 aliphatic heterocycles. The molecule has 1 fully saturated rings. The molecule has 1 saturated heterocycles. The number of pyridine rings is 2. The maximum absolute atomic E-state index is 12.8. The maximum Gasteiger partial charge on any atom is 0.417 e. The van der Waals surface area contributed by atoms with E-state index in [4.69, 9.17) is 16.1 Å². The predicted molar refractivity (Wildman–Crippen MR) is 104 cm³/mol. The Morgan fingerprint density at radius 1 is 1.17 bits per heavy atom. The minimum Gasteiger partial charge on any atom is -0.353 e. The average molecular weight is 439 g/mol. The molecule has 0 bridgehead atoms. The number of anilines is 1. The summed E-state index contributed by atoms with van der Waals surface area (Å²) in [5.74, 6) is 1.32. The van der Waals surface area contributed by atoms with Crippen molar-refractivity contribution in [1.29, 1.82) is 0 Å². The molecule has 4 heterocycles. The van der Waals surface area contributed by atoms with Gasteiger partial charge in [-0.25, -0.2) is 4.98 Å². The first-order valence-electron chi connectivity index (χ1n) is 9.28. The molecule has 0 spiro atoms. The summed E-state index contributed by atoms with van der Waals surface area (Å²) in [5.41, 5.74) is -0.0862. The Morgan fingerprint density at radius 2 is 1.93 bits per heavy atom. The van der Waals surface area contributed by atoms with Gasteiger partial charge in [0.1, 0.15) is 5.82 Å². The highest BCUT2D eigenvalue weighted by atomic mass is 35.5. The third-order valence-electron chi connectivity index (χ3n) is 5.03. The highest BCUT2D eigenvalue weighted by Crippen LogP contribution is 2.34. The van der Waals surface area contributed by atoms with Gasteiger partial charge in [0.25, 0.3) is 0 Å². The summed E-state index contributed by atoms with van der Waals surface area (Å²) in [6, 6.07) is 4.46. The van der Waals surface area contributed by atoms with Crippen LogP contribution < -0.4 is 4.90 Å². The van der Waals surface area contributed by atoms with Crippen LogP contribution >= 0.6 is 11.6 Å². The van der Waals surface area contributed by atoms with E-state index in [0.29, 0.717) is 43.7 Å². The van der Waals surface area contributed by atoms with Crippen molar-refractivity contribution in [3.05, 3.63) is 53.3 Å². The van der Waals surface area contributed by atoms with Gasteiger partial charge in [-0.3, -0.25) is 9.88 Å². The topological polar surface area (TPSA) is 71.2 Å². The molecule has 0 radical (unpaired) electrons. The van der Waals surface area contributed by atoms with E-state index in [-0.39, 0.29) is 11.1 Å². The molecule has 4 rings (SSSR count). The van der Waals surface area contributed by atoms with Crippen molar-refractivity contribution in [2.24, 2.45) is 0 Å². The first-order chi connectivity index (χ1) is 14.3. The van der Waals surface area contributed by atoms with Crippen LogP contribution in [0.5, 0.6) is 0 Å². The molecular weight excluding hydrogens is 421 g/mol. The molecule has 30 heavy (non-hydrogen) atoms. The lowest BCUT2D eigenvalue weighted by Gasteiger charge is -2.37. The number of halogens is 4. The Kier molecular flexibility index (Phi) is 5.61. The van der Waals surface area contributed by atoms with E-state index >= 15 is 0 Å². The van der Waals surface area contributed by atoms with Crippen molar-refractivity contribution in [2.45, 2.75) is 19.1 Å². The zero-order valence-corrected chi connectivity index (χ0v) is 16.7. The highest BCUT2D eigenvalue weighted by Gasteiger charge is 2.33. The summed E-state index contributed by atoms with van der Waals surface area (Å²) in [6.07, 6.45) is -0.320. The summed E-state index contributed by atoms with van der Waals surface area (Å²) in [7, 11) is 0. The van der Waals surface area contributed by atoms with Crippen LogP contribution in [0.2, 0.25) is 5.02 Å². The molecule has 158 valence electrons. The van der Waals surface area contributed by atoms with Crippen LogP contribution in [0, 0.1) is 0 Å². The molecule has 0 amide bonds. The van der Waals surface area contributed by atoms with Gasteiger partial charge in [0.2, 0.25) is 11.7 Å². The number of alkyl halides is 3. The van der Waals surface area contributed by atoms with Gasteiger partial charge >= 0.3 is 6.18 Å². The number of aromatic nitrogens is 4. The SMILES string of the molecule is CC(c1nc(-c2cccnc2)no1)N1CCN(c2ncc(C(F)(F)F)cc2Cl)CC1. The molecule has 0 aromatic carbocycles. The van der Waals surface area contributed by atoms with Crippen LogP contribution in [0.25, 0.3) is 11.4 Å². The van der Waals surface area contributed by atoms with Crippen LogP contribution in [-0.4, -0.2) is 51.2 Å². The van der Waals surface area contributed by atoms with Gasteiger partial charge in [-0.2, -0.15) is 18.2 Å². The minimum atomic E-state index is -4.47. The van der Waals surface area contributed by atoms with Crippen LogP contribution in [0.15, 0.2) is 41.3 Å². The second-order valence-electron chi connectivity index (χ2n) is 6.92. The van der Waals surface area contributed by atoms with Gasteiger partial charge < -0.3 is 9.42 Å². The van der Waals surface area contributed by atoms with Crippen molar-refractivity contribution in [1.82, 2.24) is 25.0 Å². The van der Waals surface area contributed by atoms with Crippen molar-refractivity contribution in [3.8, 4) is 11.4 Å². The molecule has 1 unspecified atom stereocenters. The van der Waals surface area contributed by atoms with E-state index in [0.717, 1.165) is 17.8 Å². The molecule has 0 aliphatic carbocycles. The second kappa shape index (κ2) is 8.19. The number of nitrogens with zero attached hydrogens (tertiary/aromatic N) is 6. The Balaban J connectivity index is 1.41. The standard InChI is InChI=1S/C19H18ClF3N6O/c1-12(18-26-16(27-30-18)13-3-2-4-24-10-13)28-5-7-29(8-6-28)17-15(20)9-14(11-25-17)19(21,22)23/h2-4,9-12H,5-8H2,1H3. The Labute approximate surface area is 175 Å². The Bertz CT molecular complexity index is 1010. The zero-order valence-electron chi connectivity index (χ0n) is 16.0. The third kappa shape index (κ3) is 4.24. The summed E-state index contributed by atoms with van der Waals surface area (Å²) in [4.78, 5) is 16.5. The van der Waals surface area contributed by atoms with Gasteiger partial charge in [-0.15, -0.1) is 0 Å². The quantitative estimate of drug-likeness (QED) is 0.607. The molecule has 3 aromatic rings. The van der Waals surface area contributed by atoms with E-state index in [9.17, 15) is 13.2 Å². The lowest BCUT2D eigenvalue weighted by molar-refractivity contribution is -0.137. The number of hydrogen-bond donors (Lipinski definition) is 0. The average Bonchev–Trinajstić information content (AvgIpc) is 3.24. The molecule has 1 aliphatic rings. The van der Waals surface area contributed by atoms with Crippen LogP contribution in [0.4, 0.5) is 19.0 Å². The fourth-order valence-corrected chi connectivity index (χ4v) is 3.60. The molecule has 7 nitrogen and oxygen atoms in total. The van der Waals surface area contributed by atoms with Gasteiger partial charge in [-0.1, -0.05) is 16.8 Å². The monoisotopic (exact) mass is 438 g/mol. The zero-order chi connectivity index (χ0) is 21.3. The Morgan fingerprint density at radius 3 is 2.57 bits per heavy atom. The largest absolute Gasteiger partial charge is 0.417 e. The Hall–Kier alpha value is -2.72. The van der Waals surface area contributed by atoms with E-state index in [2.05, 4.69) is 25.0 Å². The van der Waals surface area contributed by atoms with Crippen molar-refractivity contribution < 1.29 is 17.7 Å². The first kappa shape index (κ1) is 20.5. The summed E-state index contributed by atoms with van der Waals surface area (Å²) in [5, 5.41) is 4.01. The van der Waals surface area contributed by atoms with Crippen LogP contribution in [0.1, 0.15) is 24.4 Å². The number of piperazine rings is 1. The predicted octanol–water partition coefficient (Wildman–Crippen LogP) is 4.08. The summed E-state index contributed by atoms with van der Waals surface area (Å²) < 4.78 is 43.9. The number of rotatable bonds is 4. The maximum atomic E-state index is 12.8. The van der Waals surface area contributed by atoms with E-state index in [1.807, 2.05) is 17.9 Å². The van der Waals surface area contributed by atoms with Crippen LogP contribution in [0.3, 0.4) is 0 Å². The molecule has 11 heteroatoms. The van der Waals surface area contributed by atoms with Crippen molar-refractivity contribution >= 4 is 17.4 Å². The molecular formula is C19H18ClF3N6O. The van der Waals surface area contributed by atoms with E-state index < -0.39 is 11.7 Å². The first-order valence-corrected chi connectivity index (χ1v) is 9.66. The van der Waals surface area contributed by atoms with E-state index in [1.54, 1.807) is 18.5 Å². The minimum absolute atomic E-state index is 0.00987. The van der Waals surface area contributed by atoms with Crippen molar-refractivity contribution in [2.75, 3.05) is 31.1 Å². The highest BCUT2D eigenvalue weighted by molar-refractivity contribution is 6.33. The lowest BCUT2D eigenvalue weighted by atomic mass is 10.2. The molecule has 1 atom stereocenters. The van der Waals surface area contributed by atoms with Gasteiger partial charge in [0, 0.05) is 50.3 Å². The number of hydrogen-bond acceptors (Lipinski definition) is 7. The lowest BCUT2D eigenvalue weighted by Crippen LogP contribution is -2.47. The normalized spacial score (nSPS) is 16.6. The summed E-state index contributed by atoms with van der Waals surface area (Å²) in [6.45, 7) is 4.38. The third-order valence-corrected chi connectivity index (χ3v) is 5.31. The fraction of sp³-hybridized carbons (Fsp3) is 0.368. The van der Waals surface area contributed by atoms with Gasteiger partial charge in [0.15, 0.2) is 0 Å². The summed E-state index contributed by atoms with van der Waals surface area (Å²) >= 11 is 6.07. The van der Waals surface area contributed by atoms with Crippen LogP contribution in [-0.2, 0) is 6.18 Å².